The van der Waals surface area contributed by atoms with Crippen molar-refractivity contribution in [3.8, 4) is 0 Å². The first-order chi connectivity index (χ1) is 13.3. The number of hydrogen-bond acceptors (Lipinski definition) is 4. The van der Waals surface area contributed by atoms with Crippen molar-refractivity contribution < 1.29 is 9.47 Å². The lowest BCUT2D eigenvalue weighted by Crippen LogP contribution is -2.37. The van der Waals surface area contributed by atoms with Gasteiger partial charge in [0.2, 0.25) is 0 Å². The van der Waals surface area contributed by atoms with E-state index >= 15 is 0 Å². The van der Waals surface area contributed by atoms with Crippen LogP contribution in [0.4, 0.5) is 0 Å². The summed E-state index contributed by atoms with van der Waals surface area (Å²) in [5, 5.41) is 6.76. The Labute approximate surface area is 163 Å². The molecule has 6 heteroatoms. The molecule has 6 nitrogen and oxygen atoms in total. The number of guanidine groups is 1. The molecule has 0 radical (unpaired) electrons. The highest BCUT2D eigenvalue weighted by Crippen LogP contribution is 2.28. The quantitative estimate of drug-likeness (QED) is 0.373. The Hall–Kier alpha value is -1.63. The van der Waals surface area contributed by atoms with Crippen LogP contribution in [-0.2, 0) is 22.6 Å². The summed E-state index contributed by atoms with van der Waals surface area (Å²) in [6.07, 6.45) is 3.70. The zero-order valence-electron chi connectivity index (χ0n) is 16.6. The van der Waals surface area contributed by atoms with Crippen molar-refractivity contribution in [2.75, 3.05) is 53.1 Å². The number of hydrogen-bond donors (Lipinski definition) is 2. The van der Waals surface area contributed by atoms with Gasteiger partial charge in [0.1, 0.15) is 0 Å². The van der Waals surface area contributed by atoms with Crippen molar-refractivity contribution in [3.05, 3.63) is 35.4 Å². The molecule has 1 aromatic rings. The molecule has 3 rings (SSSR count). The second-order valence-electron chi connectivity index (χ2n) is 7.43. The highest BCUT2D eigenvalue weighted by atomic mass is 16.5. The van der Waals surface area contributed by atoms with Gasteiger partial charge in [0.25, 0.3) is 0 Å². The second-order valence-corrected chi connectivity index (χ2v) is 7.43. The minimum Gasteiger partial charge on any atom is -0.381 e. The molecule has 0 unspecified atom stereocenters. The van der Waals surface area contributed by atoms with Gasteiger partial charge in [-0.3, -0.25) is 9.89 Å². The first-order valence-corrected chi connectivity index (χ1v) is 10.2. The largest absolute Gasteiger partial charge is 0.381 e. The number of rotatable bonds is 10. The van der Waals surface area contributed by atoms with Crippen LogP contribution in [0, 0.1) is 5.92 Å². The maximum atomic E-state index is 5.67. The molecule has 27 heavy (non-hydrogen) atoms. The Morgan fingerprint density at radius 3 is 2.81 bits per heavy atom. The molecule has 0 atom stereocenters. The maximum Gasteiger partial charge on any atom is 0.191 e. The van der Waals surface area contributed by atoms with E-state index in [4.69, 9.17) is 9.47 Å². The van der Waals surface area contributed by atoms with Crippen molar-refractivity contribution in [2.24, 2.45) is 10.9 Å². The lowest BCUT2D eigenvalue weighted by Gasteiger charge is -2.26. The summed E-state index contributed by atoms with van der Waals surface area (Å²) in [7, 11) is 1.81. The van der Waals surface area contributed by atoms with Crippen LogP contribution in [0.1, 0.15) is 30.4 Å². The zero-order valence-corrected chi connectivity index (χ0v) is 16.6. The fraction of sp³-hybridized carbons (Fsp3) is 0.667. The first kappa shape index (κ1) is 20.1. The number of nitrogens with one attached hydrogen (secondary N) is 2. The molecule has 1 saturated heterocycles. The van der Waals surface area contributed by atoms with Crippen LogP contribution in [0.2, 0.25) is 0 Å². The molecule has 150 valence electrons. The smallest absolute Gasteiger partial charge is 0.191 e. The van der Waals surface area contributed by atoms with E-state index in [1.807, 2.05) is 7.05 Å². The van der Waals surface area contributed by atoms with Crippen molar-refractivity contribution in [1.82, 2.24) is 15.5 Å². The number of benzene rings is 1. The Kier molecular flexibility index (Phi) is 8.39. The standard InChI is InChI=1S/C21H34N4O2/c1-22-21(23-8-3-11-27-17-18-6-7-18)24-15-19-4-2-5-20(14-19)16-25-9-12-26-13-10-25/h2,4-5,14,18H,3,6-13,15-17H2,1H3,(H2,22,23,24). The number of ether oxygens (including phenoxy) is 2. The van der Waals surface area contributed by atoms with Gasteiger partial charge in [-0.1, -0.05) is 24.3 Å². The first-order valence-electron chi connectivity index (χ1n) is 10.2. The summed E-state index contributed by atoms with van der Waals surface area (Å²) in [4.78, 5) is 6.75. The highest BCUT2D eigenvalue weighted by molar-refractivity contribution is 5.79. The van der Waals surface area contributed by atoms with E-state index < -0.39 is 0 Å². The lowest BCUT2D eigenvalue weighted by atomic mass is 10.1. The van der Waals surface area contributed by atoms with Crippen LogP contribution < -0.4 is 10.6 Å². The molecule has 2 aliphatic rings. The lowest BCUT2D eigenvalue weighted by molar-refractivity contribution is 0.0342. The van der Waals surface area contributed by atoms with Gasteiger partial charge in [0.05, 0.1) is 13.2 Å². The van der Waals surface area contributed by atoms with Gasteiger partial charge in [-0.05, 0) is 36.3 Å². The topological polar surface area (TPSA) is 58.1 Å². The van der Waals surface area contributed by atoms with Gasteiger partial charge >= 0.3 is 0 Å². The maximum absolute atomic E-state index is 5.67. The molecule has 1 aliphatic carbocycles. The van der Waals surface area contributed by atoms with Crippen LogP contribution in [0.25, 0.3) is 0 Å². The molecule has 1 saturated carbocycles. The third kappa shape index (κ3) is 7.87. The number of nitrogens with zero attached hydrogens (tertiary/aromatic N) is 2. The summed E-state index contributed by atoms with van der Waals surface area (Å²) in [5.41, 5.74) is 2.63. The second kappa shape index (κ2) is 11.3. The van der Waals surface area contributed by atoms with Crippen LogP contribution in [0.3, 0.4) is 0 Å². The van der Waals surface area contributed by atoms with Crippen LogP contribution in [0.5, 0.6) is 0 Å². The van der Waals surface area contributed by atoms with Gasteiger partial charge in [-0.15, -0.1) is 0 Å². The molecule has 1 aliphatic heterocycles. The van der Waals surface area contributed by atoms with Crippen molar-refractivity contribution >= 4 is 5.96 Å². The molecular weight excluding hydrogens is 340 g/mol. The van der Waals surface area contributed by atoms with Gasteiger partial charge in [0.15, 0.2) is 5.96 Å². The molecule has 0 bridgehead atoms. The molecule has 0 aromatic heterocycles. The minimum absolute atomic E-state index is 0.773. The van der Waals surface area contributed by atoms with Crippen molar-refractivity contribution in [3.63, 3.8) is 0 Å². The highest BCUT2D eigenvalue weighted by Gasteiger charge is 2.20. The van der Waals surface area contributed by atoms with E-state index in [1.54, 1.807) is 0 Å². The SMILES string of the molecule is CN=C(NCCCOCC1CC1)NCc1cccc(CN2CCOCC2)c1. The Morgan fingerprint density at radius 2 is 2.04 bits per heavy atom. The predicted molar refractivity (Wildman–Crippen MR) is 109 cm³/mol. The molecule has 0 amide bonds. The van der Waals surface area contributed by atoms with Crippen molar-refractivity contribution in [1.29, 1.82) is 0 Å². The summed E-state index contributed by atoms with van der Waals surface area (Å²) in [6, 6.07) is 8.78. The summed E-state index contributed by atoms with van der Waals surface area (Å²) < 4.78 is 11.1. The monoisotopic (exact) mass is 374 g/mol. The van der Waals surface area contributed by atoms with Crippen LogP contribution >= 0.6 is 0 Å². The van der Waals surface area contributed by atoms with E-state index in [1.165, 1.54) is 24.0 Å². The normalized spacial score (nSPS) is 18.5. The average Bonchev–Trinajstić information content (AvgIpc) is 3.52. The summed E-state index contributed by atoms with van der Waals surface area (Å²) >= 11 is 0. The van der Waals surface area contributed by atoms with Crippen LogP contribution in [-0.4, -0.2) is 64.0 Å². The third-order valence-corrected chi connectivity index (χ3v) is 4.99. The predicted octanol–water partition coefficient (Wildman–Crippen LogP) is 2.00. The number of aliphatic imine (C=N–C) groups is 1. The van der Waals surface area contributed by atoms with E-state index in [0.717, 1.165) is 77.4 Å². The molecule has 1 heterocycles. The minimum atomic E-state index is 0.773. The van der Waals surface area contributed by atoms with E-state index in [2.05, 4.69) is 44.8 Å². The van der Waals surface area contributed by atoms with E-state index in [9.17, 15) is 0 Å². The van der Waals surface area contributed by atoms with Gasteiger partial charge < -0.3 is 20.1 Å². The molecule has 1 aromatic carbocycles. The Morgan fingerprint density at radius 1 is 1.22 bits per heavy atom. The molecule has 2 fully saturated rings. The number of morpholine rings is 1. The molecule has 0 spiro atoms. The Balaban J connectivity index is 1.33. The summed E-state index contributed by atoms with van der Waals surface area (Å²) in [6.45, 7) is 8.12. The third-order valence-electron chi connectivity index (χ3n) is 4.99. The molecular formula is C21H34N4O2. The molecule has 2 N–H and O–H groups in total. The zero-order chi connectivity index (χ0) is 18.7. The van der Waals surface area contributed by atoms with E-state index in [-0.39, 0.29) is 0 Å². The van der Waals surface area contributed by atoms with Gasteiger partial charge in [-0.2, -0.15) is 0 Å². The summed E-state index contributed by atoms with van der Waals surface area (Å²) in [5.74, 6) is 1.68. The van der Waals surface area contributed by atoms with E-state index in [0.29, 0.717) is 0 Å². The van der Waals surface area contributed by atoms with Crippen molar-refractivity contribution in [2.45, 2.75) is 32.4 Å². The van der Waals surface area contributed by atoms with Crippen LogP contribution in [0.15, 0.2) is 29.3 Å². The van der Waals surface area contributed by atoms with Gasteiger partial charge in [-0.25, -0.2) is 0 Å². The average molecular weight is 375 g/mol. The van der Waals surface area contributed by atoms with Gasteiger partial charge in [0, 0.05) is 53.0 Å². The fourth-order valence-corrected chi connectivity index (χ4v) is 3.18. The fourth-order valence-electron chi connectivity index (χ4n) is 3.18. The Bertz CT molecular complexity index is 583.